The number of hydrogen-bond acceptors (Lipinski definition) is 2. The number of halogens is 3. The van der Waals surface area contributed by atoms with Gasteiger partial charge in [-0.15, -0.1) is 0 Å². The summed E-state index contributed by atoms with van der Waals surface area (Å²) in [5, 5.41) is 0. The molecule has 5 heteroatoms. The Bertz CT molecular complexity index is 193. The lowest BCUT2D eigenvalue weighted by atomic mass is 9.78. The molecule has 0 aromatic rings. The molecular weight excluding hydrogens is 193 g/mol. The fraction of sp³-hybridized carbons (Fsp3) is 1.00. The average molecular weight is 210 g/mol. The first-order valence-corrected chi connectivity index (χ1v) is 4.79. The second-order valence-corrected chi connectivity index (χ2v) is 4.26. The van der Waals surface area contributed by atoms with Crippen molar-refractivity contribution in [3.8, 4) is 0 Å². The van der Waals surface area contributed by atoms with E-state index in [1.54, 1.807) is 0 Å². The van der Waals surface area contributed by atoms with Gasteiger partial charge in [0.25, 0.3) is 0 Å². The van der Waals surface area contributed by atoms with E-state index >= 15 is 0 Å². The number of rotatable bonds is 1. The topological polar surface area (TPSA) is 29.3 Å². The van der Waals surface area contributed by atoms with Gasteiger partial charge in [-0.1, -0.05) is 0 Å². The van der Waals surface area contributed by atoms with Crippen LogP contribution in [0.15, 0.2) is 0 Å². The molecular formula is C9H17F3N2. The van der Waals surface area contributed by atoms with E-state index in [1.165, 1.54) is 19.0 Å². The van der Waals surface area contributed by atoms with E-state index in [2.05, 4.69) is 0 Å². The van der Waals surface area contributed by atoms with Crippen LogP contribution in [-0.4, -0.2) is 36.8 Å². The van der Waals surface area contributed by atoms with Gasteiger partial charge in [0.2, 0.25) is 0 Å². The lowest BCUT2D eigenvalue weighted by molar-refractivity contribution is -0.235. The van der Waals surface area contributed by atoms with Crippen LogP contribution in [0.4, 0.5) is 13.2 Å². The minimum absolute atomic E-state index is 0.0644. The molecule has 1 aliphatic rings. The van der Waals surface area contributed by atoms with E-state index in [9.17, 15) is 13.2 Å². The molecule has 1 saturated carbocycles. The predicted molar refractivity (Wildman–Crippen MR) is 48.9 cm³/mol. The van der Waals surface area contributed by atoms with Gasteiger partial charge in [-0.3, -0.25) is 4.90 Å². The van der Waals surface area contributed by atoms with Gasteiger partial charge in [0.15, 0.2) is 0 Å². The first-order valence-electron chi connectivity index (χ1n) is 4.79. The number of alkyl halides is 3. The van der Waals surface area contributed by atoms with Gasteiger partial charge < -0.3 is 5.73 Å². The van der Waals surface area contributed by atoms with Crippen LogP contribution in [0.25, 0.3) is 0 Å². The maximum Gasteiger partial charge on any atom is 0.406 e. The second-order valence-electron chi connectivity index (χ2n) is 4.26. The third-order valence-electron chi connectivity index (χ3n) is 3.24. The zero-order chi connectivity index (χ0) is 11.0. The minimum Gasteiger partial charge on any atom is -0.328 e. The van der Waals surface area contributed by atoms with Crippen LogP contribution in [-0.2, 0) is 0 Å². The zero-order valence-corrected chi connectivity index (χ0v) is 8.56. The van der Waals surface area contributed by atoms with Gasteiger partial charge in [0, 0.05) is 6.04 Å². The molecule has 2 N–H and O–H groups in total. The van der Waals surface area contributed by atoms with E-state index in [0.717, 1.165) is 0 Å². The van der Waals surface area contributed by atoms with Crippen LogP contribution >= 0.6 is 0 Å². The third kappa shape index (κ3) is 1.88. The number of nitrogens with zero attached hydrogens (tertiary/aromatic N) is 1. The van der Waals surface area contributed by atoms with Crippen molar-refractivity contribution in [2.24, 2.45) is 5.73 Å². The first kappa shape index (κ1) is 11.8. The molecule has 0 atom stereocenters. The standard InChI is InChI=1S/C9H17F3N2/c1-14(2)8(9(10,11)12)5-3-7(13)4-6-8/h7H,3-6,13H2,1-2H3. The van der Waals surface area contributed by atoms with Crippen LogP contribution in [0.3, 0.4) is 0 Å². The highest BCUT2D eigenvalue weighted by Gasteiger charge is 2.56. The Kier molecular flexibility index (Phi) is 3.11. The Balaban J connectivity index is 2.84. The maximum atomic E-state index is 12.9. The van der Waals surface area contributed by atoms with E-state index in [-0.39, 0.29) is 18.9 Å². The first-order chi connectivity index (χ1) is 6.29. The van der Waals surface area contributed by atoms with Crippen molar-refractivity contribution in [2.75, 3.05) is 14.1 Å². The number of hydrogen-bond donors (Lipinski definition) is 1. The van der Waals surface area contributed by atoms with Crippen molar-refractivity contribution in [1.82, 2.24) is 4.90 Å². The van der Waals surface area contributed by atoms with E-state index in [4.69, 9.17) is 5.73 Å². The van der Waals surface area contributed by atoms with Crippen LogP contribution in [0.2, 0.25) is 0 Å². The third-order valence-corrected chi connectivity index (χ3v) is 3.24. The fourth-order valence-electron chi connectivity index (χ4n) is 2.10. The van der Waals surface area contributed by atoms with Gasteiger partial charge >= 0.3 is 6.18 Å². The molecule has 0 heterocycles. The molecule has 0 amide bonds. The van der Waals surface area contributed by atoms with Gasteiger partial charge in [-0.2, -0.15) is 13.2 Å². The SMILES string of the molecule is CN(C)C1(C(F)(F)F)CCC(N)CC1. The summed E-state index contributed by atoms with van der Waals surface area (Å²) in [5.41, 5.74) is 3.96. The maximum absolute atomic E-state index is 12.9. The summed E-state index contributed by atoms with van der Waals surface area (Å²) in [5.74, 6) is 0. The van der Waals surface area contributed by atoms with Crippen LogP contribution in [0.1, 0.15) is 25.7 Å². The Hall–Kier alpha value is -0.290. The van der Waals surface area contributed by atoms with E-state index in [0.29, 0.717) is 12.8 Å². The molecule has 0 saturated heterocycles. The molecule has 84 valence electrons. The van der Waals surface area contributed by atoms with Gasteiger partial charge in [0.05, 0.1) is 0 Å². The van der Waals surface area contributed by atoms with Crippen molar-refractivity contribution in [1.29, 1.82) is 0 Å². The van der Waals surface area contributed by atoms with E-state index < -0.39 is 11.7 Å². The Morgan fingerprint density at radius 3 is 1.93 bits per heavy atom. The zero-order valence-electron chi connectivity index (χ0n) is 8.56. The highest BCUT2D eigenvalue weighted by Crippen LogP contribution is 2.44. The summed E-state index contributed by atoms with van der Waals surface area (Å²) in [6.07, 6.45) is -3.01. The molecule has 0 bridgehead atoms. The lowest BCUT2D eigenvalue weighted by Crippen LogP contribution is -2.58. The molecule has 0 unspecified atom stereocenters. The Morgan fingerprint density at radius 1 is 1.21 bits per heavy atom. The van der Waals surface area contributed by atoms with Crippen LogP contribution in [0, 0.1) is 0 Å². The summed E-state index contributed by atoms with van der Waals surface area (Å²) < 4.78 is 38.7. The molecule has 0 spiro atoms. The molecule has 1 fully saturated rings. The smallest absolute Gasteiger partial charge is 0.328 e. The van der Waals surface area contributed by atoms with Crippen molar-refractivity contribution in [3.05, 3.63) is 0 Å². The predicted octanol–water partition coefficient (Wildman–Crippen LogP) is 1.75. The molecule has 0 aromatic heterocycles. The molecule has 1 rings (SSSR count). The quantitative estimate of drug-likeness (QED) is 0.714. The molecule has 2 nitrogen and oxygen atoms in total. The summed E-state index contributed by atoms with van der Waals surface area (Å²) >= 11 is 0. The monoisotopic (exact) mass is 210 g/mol. The van der Waals surface area contributed by atoms with Gasteiger partial charge in [-0.05, 0) is 39.8 Å². The highest BCUT2D eigenvalue weighted by molar-refractivity contribution is 4.99. The van der Waals surface area contributed by atoms with Gasteiger partial charge in [0.1, 0.15) is 5.54 Å². The van der Waals surface area contributed by atoms with Crippen molar-refractivity contribution < 1.29 is 13.2 Å². The van der Waals surface area contributed by atoms with Crippen LogP contribution in [0.5, 0.6) is 0 Å². The normalized spacial score (nSPS) is 34.9. The molecule has 1 aliphatic carbocycles. The highest BCUT2D eigenvalue weighted by atomic mass is 19.4. The van der Waals surface area contributed by atoms with Crippen molar-refractivity contribution in [2.45, 2.75) is 43.4 Å². The lowest BCUT2D eigenvalue weighted by Gasteiger charge is -2.45. The fourth-order valence-corrected chi connectivity index (χ4v) is 2.10. The number of nitrogens with two attached hydrogens (primary N) is 1. The Labute approximate surface area is 82.2 Å². The minimum atomic E-state index is -4.16. The molecule has 14 heavy (non-hydrogen) atoms. The van der Waals surface area contributed by atoms with Crippen LogP contribution < -0.4 is 5.73 Å². The molecule has 0 radical (unpaired) electrons. The summed E-state index contributed by atoms with van der Waals surface area (Å²) in [6, 6.07) is -0.0644. The molecule has 0 aliphatic heterocycles. The van der Waals surface area contributed by atoms with E-state index in [1.807, 2.05) is 0 Å². The van der Waals surface area contributed by atoms with Crippen molar-refractivity contribution in [3.63, 3.8) is 0 Å². The average Bonchev–Trinajstić information content (AvgIpc) is 2.02. The van der Waals surface area contributed by atoms with Crippen molar-refractivity contribution >= 4 is 0 Å². The summed E-state index contributed by atoms with van der Waals surface area (Å²) in [7, 11) is 2.98. The Morgan fingerprint density at radius 2 is 1.64 bits per heavy atom. The second kappa shape index (κ2) is 3.70. The molecule has 0 aromatic carbocycles. The largest absolute Gasteiger partial charge is 0.406 e. The summed E-state index contributed by atoms with van der Waals surface area (Å²) in [4.78, 5) is 1.29. The van der Waals surface area contributed by atoms with Gasteiger partial charge in [-0.25, -0.2) is 0 Å². The summed E-state index contributed by atoms with van der Waals surface area (Å²) in [6.45, 7) is 0.